The van der Waals surface area contributed by atoms with E-state index in [1.54, 1.807) is 6.92 Å². The van der Waals surface area contributed by atoms with E-state index in [4.69, 9.17) is 4.74 Å². The van der Waals surface area contributed by atoms with Gasteiger partial charge in [-0.15, -0.1) is 0 Å². The van der Waals surface area contributed by atoms with Gasteiger partial charge in [0.2, 0.25) is 0 Å². The van der Waals surface area contributed by atoms with Crippen LogP contribution in [-0.2, 0) is 4.74 Å². The molecule has 1 heterocycles. The van der Waals surface area contributed by atoms with Crippen LogP contribution in [0.4, 0.5) is 36.3 Å². The number of ether oxygens (including phenoxy) is 2. The van der Waals surface area contributed by atoms with Crippen LogP contribution in [0, 0.1) is 0 Å². The maximum atomic E-state index is 13.4. The normalized spacial score (nSPS) is 12.7. The van der Waals surface area contributed by atoms with E-state index in [0.29, 0.717) is 35.5 Å². The Labute approximate surface area is 152 Å². The molecule has 1 aromatic heterocycles. The Hall–Kier alpha value is -2.44. The second-order valence-electron chi connectivity index (χ2n) is 5.07. The van der Waals surface area contributed by atoms with Crippen molar-refractivity contribution in [3.63, 3.8) is 0 Å². The number of carbonyl (C=O) groups is 1. The zero-order valence-corrected chi connectivity index (χ0v) is 14.6. The summed E-state index contributed by atoms with van der Waals surface area (Å²) in [6.07, 6.45) is -13.8. The quantitative estimate of drug-likeness (QED) is 0.561. The summed E-state index contributed by atoms with van der Waals surface area (Å²) < 4.78 is 89.7. The first-order valence-corrected chi connectivity index (χ1v) is 8.06. The van der Waals surface area contributed by atoms with Gasteiger partial charge in [-0.1, -0.05) is 11.3 Å². The molecular weight excluding hydrogens is 404 g/mol. The Kier molecular flexibility index (Phi) is 5.63. The number of rotatable bonds is 5. The van der Waals surface area contributed by atoms with Crippen molar-refractivity contribution >= 4 is 32.8 Å². The number of hydrogen-bond donors (Lipinski definition) is 2. The molecule has 0 unspecified atom stereocenters. The van der Waals surface area contributed by atoms with Crippen molar-refractivity contribution in [1.82, 2.24) is 10.3 Å². The molecule has 0 saturated heterocycles. The van der Waals surface area contributed by atoms with Gasteiger partial charge in [0.15, 0.2) is 5.13 Å². The van der Waals surface area contributed by atoms with Crippen molar-refractivity contribution < 1.29 is 40.6 Å². The van der Waals surface area contributed by atoms with Crippen molar-refractivity contribution in [3.8, 4) is 5.75 Å². The molecule has 13 heteroatoms. The third kappa shape index (κ3) is 4.12. The van der Waals surface area contributed by atoms with E-state index in [0.717, 1.165) is 5.32 Å². The summed E-state index contributed by atoms with van der Waals surface area (Å²) in [4.78, 5) is 14.9. The second-order valence-corrected chi connectivity index (χ2v) is 6.10. The second kappa shape index (κ2) is 7.29. The molecule has 0 aliphatic rings. The highest BCUT2D eigenvalue weighted by molar-refractivity contribution is 7.22. The van der Waals surface area contributed by atoms with Gasteiger partial charge in [-0.25, -0.2) is 9.78 Å². The Bertz CT molecular complexity index is 807. The molecule has 1 aromatic carbocycles. The van der Waals surface area contributed by atoms with E-state index in [-0.39, 0.29) is 5.52 Å². The molecule has 0 atom stereocenters. The molecule has 2 aromatic rings. The number of amides is 1. The molecule has 6 nitrogen and oxygen atoms in total. The lowest BCUT2D eigenvalue weighted by Crippen LogP contribution is -2.72. The number of halogens is 6. The number of benzene rings is 1. The monoisotopic (exact) mass is 417 g/mol. The Balaban J connectivity index is 2.51. The predicted molar refractivity (Wildman–Crippen MR) is 84.8 cm³/mol. The summed E-state index contributed by atoms with van der Waals surface area (Å²) in [5.41, 5.74) is -4.63. The van der Waals surface area contributed by atoms with Gasteiger partial charge in [0, 0.05) is 0 Å². The number of anilines is 1. The molecule has 0 spiro atoms. The van der Waals surface area contributed by atoms with Gasteiger partial charge in [0.25, 0.3) is 0 Å². The fourth-order valence-electron chi connectivity index (χ4n) is 2.05. The zero-order valence-electron chi connectivity index (χ0n) is 13.8. The fraction of sp³-hybridized carbons (Fsp3) is 0.429. The Morgan fingerprint density at radius 1 is 1.19 bits per heavy atom. The molecule has 0 radical (unpaired) electrons. The largest absolute Gasteiger partial charge is 0.494 e. The number of aromatic nitrogens is 1. The van der Waals surface area contributed by atoms with Gasteiger partial charge in [0.05, 0.1) is 23.9 Å². The molecule has 0 bridgehead atoms. The van der Waals surface area contributed by atoms with Crippen LogP contribution in [0.3, 0.4) is 0 Å². The summed E-state index contributed by atoms with van der Waals surface area (Å²) in [6, 6.07) is 4.29. The molecule has 0 saturated carbocycles. The predicted octanol–water partition coefficient (Wildman–Crippen LogP) is 4.28. The van der Waals surface area contributed by atoms with Crippen LogP contribution < -0.4 is 15.4 Å². The molecule has 2 rings (SSSR count). The molecule has 0 fully saturated rings. The Morgan fingerprint density at radius 3 is 2.33 bits per heavy atom. The average Bonchev–Trinajstić information content (AvgIpc) is 2.93. The SMILES string of the molecule is CCOc1ccc2nc(NC(NC(=O)OC)(C(F)(F)F)C(F)(F)F)sc2c1. The van der Waals surface area contributed by atoms with E-state index in [1.807, 2.05) is 0 Å². The highest BCUT2D eigenvalue weighted by Gasteiger charge is 2.73. The number of hydrogen-bond acceptors (Lipinski definition) is 6. The first kappa shape index (κ1) is 20.9. The number of carbonyl (C=O) groups excluding carboxylic acids is 1. The minimum absolute atomic E-state index is 0.155. The summed E-state index contributed by atoms with van der Waals surface area (Å²) in [7, 11) is 0.639. The fourth-order valence-corrected chi connectivity index (χ4v) is 3.00. The first-order valence-electron chi connectivity index (χ1n) is 7.24. The van der Waals surface area contributed by atoms with Gasteiger partial charge in [-0.3, -0.25) is 5.32 Å². The van der Waals surface area contributed by atoms with Crippen molar-refractivity contribution in [2.45, 2.75) is 24.9 Å². The van der Waals surface area contributed by atoms with E-state index in [2.05, 4.69) is 9.72 Å². The lowest BCUT2D eigenvalue weighted by atomic mass is 10.1. The van der Waals surface area contributed by atoms with E-state index >= 15 is 0 Å². The summed E-state index contributed by atoms with van der Waals surface area (Å²) in [6.45, 7) is 2.03. The van der Waals surface area contributed by atoms with Crippen molar-refractivity contribution in [1.29, 1.82) is 0 Å². The van der Waals surface area contributed by atoms with Gasteiger partial charge < -0.3 is 14.8 Å². The minimum atomic E-state index is -5.95. The number of nitrogens with one attached hydrogen (secondary N) is 2. The average molecular weight is 417 g/mol. The van der Waals surface area contributed by atoms with E-state index < -0.39 is 29.2 Å². The number of alkyl halides is 6. The first-order chi connectivity index (χ1) is 12.4. The summed E-state index contributed by atoms with van der Waals surface area (Å²) in [5, 5.41) is 1.38. The lowest BCUT2D eigenvalue weighted by molar-refractivity contribution is -0.294. The number of nitrogens with zero attached hydrogens (tertiary/aromatic N) is 1. The van der Waals surface area contributed by atoms with Gasteiger partial charge in [0.1, 0.15) is 5.75 Å². The van der Waals surface area contributed by atoms with Crippen molar-refractivity contribution in [2.75, 3.05) is 19.0 Å². The molecule has 1 amide bonds. The third-order valence-electron chi connectivity index (χ3n) is 3.29. The van der Waals surface area contributed by atoms with Crippen LogP contribution in [-0.4, -0.2) is 42.8 Å². The zero-order chi connectivity index (χ0) is 20.5. The molecule has 0 aliphatic carbocycles. The van der Waals surface area contributed by atoms with Gasteiger partial charge >= 0.3 is 24.1 Å². The standard InChI is InChI=1S/C14H13F6N3O3S/c1-3-26-7-4-5-8-9(6-7)27-10(21-8)22-12(13(15,16)17,14(18,19)20)23-11(24)25-2/h4-6H,3H2,1-2H3,(H,21,22)(H,23,24). The third-order valence-corrected chi connectivity index (χ3v) is 4.22. The number of fused-ring (bicyclic) bond motifs is 1. The highest BCUT2D eigenvalue weighted by atomic mass is 32.1. The maximum Gasteiger partial charge on any atom is 0.439 e. The van der Waals surface area contributed by atoms with Crippen LogP contribution in [0.15, 0.2) is 18.2 Å². The molecule has 2 N–H and O–H groups in total. The molecule has 150 valence electrons. The summed E-state index contributed by atoms with van der Waals surface area (Å²) >= 11 is 0.537. The van der Waals surface area contributed by atoms with Crippen LogP contribution in [0.1, 0.15) is 6.92 Å². The minimum Gasteiger partial charge on any atom is -0.494 e. The molecule has 27 heavy (non-hydrogen) atoms. The summed E-state index contributed by atoms with van der Waals surface area (Å²) in [5.74, 6) is 0.380. The number of alkyl carbamates (subject to hydrolysis) is 1. The van der Waals surface area contributed by atoms with Crippen LogP contribution >= 0.6 is 11.3 Å². The van der Waals surface area contributed by atoms with Crippen molar-refractivity contribution in [3.05, 3.63) is 18.2 Å². The smallest absolute Gasteiger partial charge is 0.439 e. The Morgan fingerprint density at radius 2 is 1.81 bits per heavy atom. The van der Waals surface area contributed by atoms with E-state index in [1.165, 1.54) is 23.5 Å². The van der Waals surface area contributed by atoms with Gasteiger partial charge in [-0.05, 0) is 25.1 Å². The maximum absolute atomic E-state index is 13.4. The van der Waals surface area contributed by atoms with Crippen LogP contribution in [0.25, 0.3) is 10.2 Å². The highest BCUT2D eigenvalue weighted by Crippen LogP contribution is 2.44. The van der Waals surface area contributed by atoms with Crippen molar-refractivity contribution in [2.24, 2.45) is 0 Å². The number of thiazole rings is 1. The van der Waals surface area contributed by atoms with Crippen LogP contribution in [0.5, 0.6) is 5.75 Å². The van der Waals surface area contributed by atoms with E-state index in [9.17, 15) is 31.1 Å². The topological polar surface area (TPSA) is 72.5 Å². The van der Waals surface area contributed by atoms with Crippen LogP contribution in [0.2, 0.25) is 0 Å². The number of methoxy groups -OCH3 is 1. The molecule has 0 aliphatic heterocycles. The molecular formula is C14H13F6N3O3S. The lowest BCUT2D eigenvalue weighted by Gasteiger charge is -2.37. The van der Waals surface area contributed by atoms with Gasteiger partial charge in [-0.2, -0.15) is 26.3 Å².